The average Bonchev–Trinajstić information content (AvgIpc) is 2.31. The third kappa shape index (κ3) is 7.23. The molecule has 0 saturated heterocycles. The lowest BCUT2D eigenvalue weighted by Gasteiger charge is -2.16. The molecule has 0 aliphatic heterocycles. The Morgan fingerprint density at radius 3 is 2.38 bits per heavy atom. The van der Waals surface area contributed by atoms with Gasteiger partial charge in [0.1, 0.15) is 0 Å². The topological polar surface area (TPSA) is 9.23 Å². The van der Waals surface area contributed by atoms with Gasteiger partial charge in [-0.25, -0.2) is 0 Å². The van der Waals surface area contributed by atoms with Crippen molar-refractivity contribution in [3.8, 4) is 0 Å². The Balaban J connectivity index is 4.16. The Morgan fingerprint density at radius 2 is 1.88 bits per heavy atom. The van der Waals surface area contributed by atoms with E-state index in [2.05, 4.69) is 40.7 Å². The zero-order valence-electron chi connectivity index (χ0n) is 11.9. The minimum absolute atomic E-state index is 0.444. The van der Waals surface area contributed by atoms with Crippen molar-refractivity contribution in [2.75, 3.05) is 6.61 Å². The number of hydrogen-bond donors (Lipinski definition) is 0. The van der Waals surface area contributed by atoms with Crippen LogP contribution < -0.4 is 0 Å². The molecule has 0 bridgehead atoms. The molecule has 96 valence electrons. The molecule has 0 radical (unpaired) electrons. The van der Waals surface area contributed by atoms with E-state index in [1.54, 1.807) is 5.20 Å². The van der Waals surface area contributed by atoms with Crippen molar-refractivity contribution in [2.24, 2.45) is 11.8 Å². The largest absolute Gasteiger partial charge is 0.419 e. The molecular weight excluding hydrogens is 212 g/mol. The van der Waals surface area contributed by atoms with Gasteiger partial charge in [0.05, 0.1) is 0 Å². The fourth-order valence-corrected chi connectivity index (χ4v) is 3.19. The molecule has 2 atom stereocenters. The first-order valence-corrected chi connectivity index (χ1v) is 8.22. The Hall–Kier alpha value is -0.0831. The molecule has 0 rings (SSSR count). The first-order chi connectivity index (χ1) is 7.65. The number of allylic oxidation sites excluding steroid dienone is 2. The van der Waals surface area contributed by atoms with Crippen LogP contribution >= 0.6 is 0 Å². The minimum Gasteiger partial charge on any atom is -0.419 e. The summed E-state index contributed by atoms with van der Waals surface area (Å²) in [4.78, 5) is 0. The molecule has 2 heteroatoms. The standard InChI is InChI=1S/C14H30OSi/c1-6-9-10-15-16-14(13(5)8-3)11-12(4)7-2/h11-13H,6-10,16H2,1-5H3. The van der Waals surface area contributed by atoms with Gasteiger partial charge in [0.15, 0.2) is 9.76 Å². The number of hydrogen-bond acceptors (Lipinski definition) is 1. The molecule has 0 aliphatic carbocycles. The van der Waals surface area contributed by atoms with Crippen LogP contribution in [0.3, 0.4) is 0 Å². The van der Waals surface area contributed by atoms with Crippen LogP contribution in [0, 0.1) is 11.8 Å². The van der Waals surface area contributed by atoms with Crippen molar-refractivity contribution in [2.45, 2.75) is 60.3 Å². The molecule has 0 saturated carbocycles. The number of rotatable bonds is 9. The van der Waals surface area contributed by atoms with Gasteiger partial charge in [-0.15, -0.1) is 0 Å². The average molecular weight is 242 g/mol. The molecule has 0 aromatic heterocycles. The molecule has 0 heterocycles. The molecular formula is C14H30OSi. The highest BCUT2D eigenvalue weighted by atomic mass is 28.2. The van der Waals surface area contributed by atoms with E-state index in [4.69, 9.17) is 4.43 Å². The maximum Gasteiger partial charge on any atom is 0.188 e. The highest BCUT2D eigenvalue weighted by Crippen LogP contribution is 2.17. The van der Waals surface area contributed by atoms with E-state index in [0.29, 0.717) is 5.92 Å². The molecule has 0 aromatic carbocycles. The van der Waals surface area contributed by atoms with E-state index in [9.17, 15) is 0 Å². The van der Waals surface area contributed by atoms with E-state index in [1.807, 2.05) is 0 Å². The Bertz CT molecular complexity index is 189. The molecule has 0 spiro atoms. The fourth-order valence-electron chi connectivity index (χ4n) is 1.54. The zero-order chi connectivity index (χ0) is 12.4. The van der Waals surface area contributed by atoms with Crippen molar-refractivity contribution in [1.29, 1.82) is 0 Å². The molecule has 16 heavy (non-hydrogen) atoms. The van der Waals surface area contributed by atoms with Gasteiger partial charge in [-0.3, -0.25) is 0 Å². The second-order valence-corrected chi connectivity index (χ2v) is 6.36. The maximum absolute atomic E-state index is 5.88. The van der Waals surface area contributed by atoms with Crippen LogP contribution in [0.4, 0.5) is 0 Å². The van der Waals surface area contributed by atoms with E-state index in [1.165, 1.54) is 25.7 Å². The Labute approximate surface area is 105 Å². The monoisotopic (exact) mass is 242 g/mol. The van der Waals surface area contributed by atoms with Crippen LogP contribution in [0.25, 0.3) is 0 Å². The first-order valence-electron chi connectivity index (χ1n) is 6.93. The lowest BCUT2D eigenvalue weighted by molar-refractivity contribution is 0.327. The first kappa shape index (κ1) is 15.9. The van der Waals surface area contributed by atoms with Crippen molar-refractivity contribution >= 4 is 9.76 Å². The fraction of sp³-hybridized carbons (Fsp3) is 0.857. The van der Waals surface area contributed by atoms with Gasteiger partial charge in [-0.1, -0.05) is 65.2 Å². The predicted octanol–water partition coefficient (Wildman–Crippen LogP) is 3.86. The summed E-state index contributed by atoms with van der Waals surface area (Å²) in [6, 6.07) is 0. The van der Waals surface area contributed by atoms with Gasteiger partial charge in [0.25, 0.3) is 0 Å². The molecule has 0 N–H and O–H groups in total. The van der Waals surface area contributed by atoms with Gasteiger partial charge in [0, 0.05) is 6.61 Å². The molecule has 0 amide bonds. The van der Waals surface area contributed by atoms with Crippen LogP contribution in [0.15, 0.2) is 11.3 Å². The molecule has 0 aliphatic rings. The smallest absolute Gasteiger partial charge is 0.188 e. The van der Waals surface area contributed by atoms with E-state index in [0.717, 1.165) is 12.5 Å². The summed E-state index contributed by atoms with van der Waals surface area (Å²) in [6.07, 6.45) is 7.41. The van der Waals surface area contributed by atoms with E-state index >= 15 is 0 Å². The second-order valence-electron chi connectivity index (χ2n) is 4.84. The summed E-state index contributed by atoms with van der Waals surface area (Å²) < 4.78 is 5.88. The van der Waals surface area contributed by atoms with Crippen LogP contribution in [-0.2, 0) is 4.43 Å². The summed E-state index contributed by atoms with van der Waals surface area (Å²) >= 11 is 0. The van der Waals surface area contributed by atoms with Crippen molar-refractivity contribution < 1.29 is 4.43 Å². The maximum atomic E-state index is 5.88. The molecule has 0 aromatic rings. The number of unbranched alkanes of at least 4 members (excludes halogenated alkanes) is 1. The van der Waals surface area contributed by atoms with Crippen LogP contribution in [0.1, 0.15) is 60.3 Å². The quantitative estimate of drug-likeness (QED) is 0.441. The third-order valence-corrected chi connectivity index (χ3v) is 5.06. The summed E-state index contributed by atoms with van der Waals surface area (Å²) in [5, 5.41) is 1.63. The lowest BCUT2D eigenvalue weighted by atomic mass is 10.0. The van der Waals surface area contributed by atoms with Gasteiger partial charge < -0.3 is 4.43 Å². The predicted molar refractivity (Wildman–Crippen MR) is 76.4 cm³/mol. The molecule has 0 fully saturated rings. The van der Waals surface area contributed by atoms with Gasteiger partial charge in [0.2, 0.25) is 0 Å². The van der Waals surface area contributed by atoms with Crippen LogP contribution in [-0.4, -0.2) is 16.4 Å². The van der Waals surface area contributed by atoms with Crippen molar-refractivity contribution in [1.82, 2.24) is 0 Å². The zero-order valence-corrected chi connectivity index (χ0v) is 13.3. The van der Waals surface area contributed by atoms with Crippen molar-refractivity contribution in [3.05, 3.63) is 11.3 Å². The Kier molecular flexibility index (Phi) is 10.0. The lowest BCUT2D eigenvalue weighted by Crippen LogP contribution is -2.12. The van der Waals surface area contributed by atoms with Gasteiger partial charge in [-0.2, -0.15) is 0 Å². The van der Waals surface area contributed by atoms with Crippen molar-refractivity contribution in [3.63, 3.8) is 0 Å². The minimum atomic E-state index is -0.444. The van der Waals surface area contributed by atoms with E-state index < -0.39 is 9.76 Å². The van der Waals surface area contributed by atoms with Crippen LogP contribution in [0.2, 0.25) is 0 Å². The summed E-state index contributed by atoms with van der Waals surface area (Å²) in [7, 11) is -0.444. The van der Waals surface area contributed by atoms with Crippen LogP contribution in [0.5, 0.6) is 0 Å². The third-order valence-electron chi connectivity index (χ3n) is 3.30. The highest BCUT2D eigenvalue weighted by molar-refractivity contribution is 6.38. The van der Waals surface area contributed by atoms with E-state index in [-0.39, 0.29) is 0 Å². The Morgan fingerprint density at radius 1 is 1.19 bits per heavy atom. The highest BCUT2D eigenvalue weighted by Gasteiger charge is 2.09. The summed E-state index contributed by atoms with van der Waals surface area (Å²) in [5.41, 5.74) is 0. The second kappa shape index (κ2) is 10.1. The van der Waals surface area contributed by atoms with Gasteiger partial charge >= 0.3 is 0 Å². The summed E-state index contributed by atoms with van der Waals surface area (Å²) in [6.45, 7) is 12.4. The normalized spacial score (nSPS) is 16.9. The molecule has 1 nitrogen and oxygen atoms in total. The molecule has 2 unspecified atom stereocenters. The SMILES string of the molecule is CCCCO[SiH2]C(=CC(C)CC)C(C)CC. The van der Waals surface area contributed by atoms with Gasteiger partial charge in [-0.05, 0) is 18.3 Å². The summed E-state index contributed by atoms with van der Waals surface area (Å²) in [5.74, 6) is 1.44.